The first-order chi connectivity index (χ1) is 17.6. The Balaban J connectivity index is 1.31. The first-order valence-corrected chi connectivity index (χ1v) is 14.0. The number of amides is 1. The monoisotopic (exact) mass is 522 g/mol. The van der Waals surface area contributed by atoms with Crippen molar-refractivity contribution >= 4 is 51.6 Å². The van der Waals surface area contributed by atoms with Crippen LogP contribution in [0.4, 0.5) is 16.8 Å². The van der Waals surface area contributed by atoms with E-state index >= 15 is 0 Å². The highest BCUT2D eigenvalue weighted by Crippen LogP contribution is 2.37. The molecule has 0 aliphatic carbocycles. The summed E-state index contributed by atoms with van der Waals surface area (Å²) in [6.07, 6.45) is 5.49. The predicted molar refractivity (Wildman–Crippen MR) is 145 cm³/mol. The third-order valence-corrected chi connectivity index (χ3v) is 8.43. The van der Waals surface area contributed by atoms with Gasteiger partial charge in [0, 0.05) is 55.3 Å². The Kier molecular flexibility index (Phi) is 7.84. The second-order valence-corrected chi connectivity index (χ2v) is 11.3. The van der Waals surface area contributed by atoms with E-state index in [0.29, 0.717) is 24.2 Å². The molecule has 0 radical (unpaired) electrons. The minimum atomic E-state index is -0.0275. The molecule has 5 rings (SSSR count). The van der Waals surface area contributed by atoms with Crippen LogP contribution < -0.4 is 15.5 Å². The second kappa shape index (κ2) is 11.4. The number of carbonyl (C=O) groups is 2. The van der Waals surface area contributed by atoms with Gasteiger partial charge in [-0.2, -0.15) is 0 Å². The largest absolute Gasteiger partial charge is 0.357 e. The molecule has 188 valence electrons. The van der Waals surface area contributed by atoms with Crippen LogP contribution in [0.3, 0.4) is 0 Å². The molecule has 2 aliphatic heterocycles. The van der Waals surface area contributed by atoms with Gasteiger partial charge in [-0.3, -0.25) is 9.59 Å². The highest BCUT2D eigenvalue weighted by molar-refractivity contribution is 8.01. The topological polar surface area (TPSA) is 90.5 Å². The van der Waals surface area contributed by atoms with Gasteiger partial charge in [0.05, 0.1) is 10.4 Å². The lowest BCUT2D eigenvalue weighted by atomic mass is 10.1. The summed E-state index contributed by atoms with van der Waals surface area (Å²) in [7, 11) is 0. The molecule has 1 aromatic carbocycles. The van der Waals surface area contributed by atoms with Crippen LogP contribution in [0, 0.1) is 0 Å². The number of nitrogens with one attached hydrogen (secondary N) is 2. The molecule has 0 spiro atoms. The molecular formula is C26H30N6O2S2. The summed E-state index contributed by atoms with van der Waals surface area (Å²) in [5.74, 6) is 1.72. The molecule has 3 aromatic rings. The Labute approximate surface area is 219 Å². The number of nitrogens with zero attached hydrogens (tertiary/aromatic N) is 4. The summed E-state index contributed by atoms with van der Waals surface area (Å²) in [4.78, 5) is 39.6. The van der Waals surface area contributed by atoms with Crippen molar-refractivity contribution in [1.29, 1.82) is 0 Å². The molecule has 0 unspecified atom stereocenters. The number of hydrogen-bond donors (Lipinski definition) is 2. The molecule has 1 amide bonds. The average Bonchev–Trinajstić information content (AvgIpc) is 3.35. The molecule has 36 heavy (non-hydrogen) atoms. The molecule has 0 bridgehead atoms. The maximum Gasteiger partial charge on any atom is 0.253 e. The van der Waals surface area contributed by atoms with E-state index in [0.717, 1.165) is 52.1 Å². The number of thiazole rings is 1. The third kappa shape index (κ3) is 5.88. The molecule has 2 aliphatic rings. The van der Waals surface area contributed by atoms with E-state index in [-0.39, 0.29) is 11.7 Å². The zero-order valence-electron chi connectivity index (χ0n) is 20.3. The highest BCUT2D eigenvalue weighted by Gasteiger charge is 2.20. The zero-order chi connectivity index (χ0) is 24.9. The van der Waals surface area contributed by atoms with Gasteiger partial charge in [-0.15, -0.1) is 0 Å². The van der Waals surface area contributed by atoms with Gasteiger partial charge in [0.1, 0.15) is 11.6 Å². The number of piperidine rings is 1. The lowest BCUT2D eigenvalue weighted by molar-refractivity contribution is 0.0735. The summed E-state index contributed by atoms with van der Waals surface area (Å²) < 4.78 is 0.930. The van der Waals surface area contributed by atoms with Gasteiger partial charge in [-0.05, 0) is 56.5 Å². The Bertz CT molecular complexity index is 1230. The summed E-state index contributed by atoms with van der Waals surface area (Å²) in [5.41, 5.74) is 1.21. The predicted octanol–water partition coefficient (Wildman–Crippen LogP) is 4.67. The van der Waals surface area contributed by atoms with E-state index in [9.17, 15) is 9.59 Å². The quantitative estimate of drug-likeness (QED) is 0.433. The second-order valence-electron chi connectivity index (χ2n) is 8.95. The van der Waals surface area contributed by atoms with Crippen molar-refractivity contribution in [2.75, 3.05) is 49.5 Å². The van der Waals surface area contributed by atoms with Crippen molar-refractivity contribution in [1.82, 2.24) is 20.2 Å². The van der Waals surface area contributed by atoms with Crippen molar-refractivity contribution in [3.63, 3.8) is 0 Å². The first-order valence-electron chi connectivity index (χ1n) is 12.3. The molecule has 0 atom stereocenters. The van der Waals surface area contributed by atoms with Crippen LogP contribution >= 0.6 is 23.1 Å². The van der Waals surface area contributed by atoms with Crippen molar-refractivity contribution < 1.29 is 9.59 Å². The molecule has 2 fully saturated rings. The third-order valence-electron chi connectivity index (χ3n) is 6.36. The average molecular weight is 523 g/mol. The van der Waals surface area contributed by atoms with Crippen LogP contribution in [0.5, 0.6) is 0 Å². The molecule has 4 heterocycles. The van der Waals surface area contributed by atoms with Crippen molar-refractivity contribution in [2.45, 2.75) is 35.3 Å². The number of anilines is 3. The van der Waals surface area contributed by atoms with E-state index < -0.39 is 0 Å². The normalized spacial score (nSPS) is 16.1. The number of aromatic nitrogens is 2. The van der Waals surface area contributed by atoms with Crippen LogP contribution in [0.15, 0.2) is 51.7 Å². The molecule has 8 nitrogen and oxygen atoms in total. The van der Waals surface area contributed by atoms with Crippen LogP contribution in [0.2, 0.25) is 0 Å². The molecule has 2 aromatic heterocycles. The number of hydrogen-bond acceptors (Lipinski definition) is 9. The van der Waals surface area contributed by atoms with Gasteiger partial charge < -0.3 is 20.4 Å². The smallest absolute Gasteiger partial charge is 0.253 e. The number of benzene rings is 1. The van der Waals surface area contributed by atoms with Gasteiger partial charge >= 0.3 is 0 Å². The summed E-state index contributed by atoms with van der Waals surface area (Å²) in [5, 5.41) is 7.32. The fourth-order valence-corrected chi connectivity index (χ4v) is 6.51. The van der Waals surface area contributed by atoms with Crippen molar-refractivity contribution in [2.24, 2.45) is 0 Å². The number of carbonyl (C=O) groups excluding carboxylic acids is 2. The van der Waals surface area contributed by atoms with Gasteiger partial charge in [-0.25, -0.2) is 9.97 Å². The minimum absolute atomic E-state index is 0.000209. The first kappa shape index (κ1) is 24.7. The maximum atomic E-state index is 13.0. The summed E-state index contributed by atoms with van der Waals surface area (Å²) in [6, 6.07) is 11.4. The number of Topliss-reactive ketones (excluding diaryl/α,β-unsaturated/α-hetero) is 1. The van der Waals surface area contributed by atoms with Crippen LogP contribution in [0.1, 0.15) is 46.9 Å². The Morgan fingerprint density at radius 2 is 1.86 bits per heavy atom. The molecule has 10 heteroatoms. The van der Waals surface area contributed by atoms with E-state index in [1.807, 2.05) is 23.1 Å². The van der Waals surface area contributed by atoms with Crippen LogP contribution in [-0.4, -0.2) is 65.8 Å². The summed E-state index contributed by atoms with van der Waals surface area (Å²) in [6.45, 7) is 6.61. The standard InChI is InChI=1S/C26H30N6O2S2/c1-18(33)20-9-8-19(25(34)32-14-10-27-11-15-32)16-21(20)35-24-17-28-26(36-24)30-22-6-5-7-23(29-22)31-12-3-2-4-13-31/h5-9,16-17,27H,2-4,10-15H2,1H3,(H,28,29,30). The zero-order valence-corrected chi connectivity index (χ0v) is 22.0. The summed E-state index contributed by atoms with van der Waals surface area (Å²) >= 11 is 2.96. The van der Waals surface area contributed by atoms with E-state index in [1.165, 1.54) is 42.4 Å². The molecule has 2 N–H and O–H groups in total. The number of rotatable bonds is 7. The maximum absolute atomic E-state index is 13.0. The Hall–Kier alpha value is -2.95. The fraction of sp³-hybridized carbons (Fsp3) is 0.385. The Morgan fingerprint density at radius 3 is 2.64 bits per heavy atom. The highest BCUT2D eigenvalue weighted by atomic mass is 32.2. The minimum Gasteiger partial charge on any atom is -0.357 e. The van der Waals surface area contributed by atoms with Gasteiger partial charge in [-0.1, -0.05) is 29.2 Å². The number of ketones is 1. The number of piperazine rings is 1. The lowest BCUT2D eigenvalue weighted by Gasteiger charge is -2.27. The molecular weight excluding hydrogens is 492 g/mol. The van der Waals surface area contributed by atoms with E-state index in [1.54, 1.807) is 25.3 Å². The Morgan fingerprint density at radius 1 is 1.06 bits per heavy atom. The van der Waals surface area contributed by atoms with E-state index in [2.05, 4.69) is 26.6 Å². The van der Waals surface area contributed by atoms with Crippen molar-refractivity contribution in [3.05, 3.63) is 53.7 Å². The van der Waals surface area contributed by atoms with E-state index in [4.69, 9.17) is 4.98 Å². The SMILES string of the molecule is CC(=O)c1ccc(C(=O)N2CCNCC2)cc1Sc1cnc(Nc2cccc(N3CCCCC3)n2)s1. The van der Waals surface area contributed by atoms with Gasteiger partial charge in [0.2, 0.25) is 0 Å². The van der Waals surface area contributed by atoms with Gasteiger partial charge in [0.25, 0.3) is 5.91 Å². The number of pyridine rings is 1. The lowest BCUT2D eigenvalue weighted by Crippen LogP contribution is -2.46. The van der Waals surface area contributed by atoms with Gasteiger partial charge in [0.15, 0.2) is 10.9 Å². The molecule has 0 saturated carbocycles. The van der Waals surface area contributed by atoms with Crippen molar-refractivity contribution in [3.8, 4) is 0 Å². The molecule has 2 saturated heterocycles. The fourth-order valence-electron chi connectivity index (χ4n) is 4.46. The van der Waals surface area contributed by atoms with Crippen LogP contribution in [0.25, 0.3) is 0 Å². The van der Waals surface area contributed by atoms with Crippen LogP contribution in [-0.2, 0) is 0 Å².